The van der Waals surface area contributed by atoms with E-state index >= 15 is 0 Å². The third-order valence-electron chi connectivity index (χ3n) is 5.59. The van der Waals surface area contributed by atoms with Gasteiger partial charge in [-0.25, -0.2) is 0 Å². The molecule has 1 aromatic heterocycles. The maximum absolute atomic E-state index is 13.3. The summed E-state index contributed by atoms with van der Waals surface area (Å²) in [6.07, 6.45) is 5.68. The Morgan fingerprint density at radius 1 is 0.967 bits per heavy atom. The maximum atomic E-state index is 13.3. The summed E-state index contributed by atoms with van der Waals surface area (Å²) in [4.78, 5) is 32.1. The van der Waals surface area contributed by atoms with Crippen LogP contribution in [0.2, 0.25) is 0 Å². The summed E-state index contributed by atoms with van der Waals surface area (Å²) < 4.78 is 0. The Morgan fingerprint density at radius 2 is 1.63 bits per heavy atom. The summed E-state index contributed by atoms with van der Waals surface area (Å²) in [6.45, 7) is 0.736. The average molecular weight is 399 g/mol. The molecule has 152 valence electrons. The van der Waals surface area contributed by atoms with Gasteiger partial charge in [0.2, 0.25) is 5.91 Å². The van der Waals surface area contributed by atoms with Crippen LogP contribution in [0.25, 0.3) is 0 Å². The molecule has 0 bridgehead atoms. The number of likely N-dealkylation sites (tertiary alicyclic amines) is 1. The minimum atomic E-state index is -0.384. The molecule has 1 N–H and O–H groups in total. The van der Waals surface area contributed by atoms with E-state index in [2.05, 4.69) is 10.3 Å². The van der Waals surface area contributed by atoms with Gasteiger partial charge in [-0.2, -0.15) is 0 Å². The van der Waals surface area contributed by atoms with Crippen LogP contribution >= 0.6 is 0 Å². The molecule has 5 nitrogen and oxygen atoms in total. The van der Waals surface area contributed by atoms with E-state index in [0.717, 1.165) is 30.5 Å². The van der Waals surface area contributed by atoms with Crippen molar-refractivity contribution in [1.82, 2.24) is 15.2 Å². The molecule has 1 aliphatic rings. The zero-order valence-electron chi connectivity index (χ0n) is 16.8. The largest absolute Gasteiger partial charge is 0.345 e. The summed E-state index contributed by atoms with van der Waals surface area (Å²) in [7, 11) is 0. The molecule has 2 heterocycles. The van der Waals surface area contributed by atoms with Gasteiger partial charge < -0.3 is 10.2 Å². The molecular weight excluding hydrogens is 374 g/mol. The number of benzene rings is 2. The van der Waals surface area contributed by atoms with Crippen LogP contribution in [-0.4, -0.2) is 28.2 Å². The monoisotopic (exact) mass is 399 g/mol. The first kappa shape index (κ1) is 19.8. The quantitative estimate of drug-likeness (QED) is 0.672. The molecule has 30 heavy (non-hydrogen) atoms. The van der Waals surface area contributed by atoms with Gasteiger partial charge in [-0.1, -0.05) is 48.5 Å². The third-order valence-corrected chi connectivity index (χ3v) is 5.59. The SMILES string of the molecule is O=C(NC(CC(=O)N1CCCC1c1ccncc1)c1ccccc1)c1ccccc1. The lowest BCUT2D eigenvalue weighted by Crippen LogP contribution is -2.36. The molecule has 0 saturated carbocycles. The average Bonchev–Trinajstić information content (AvgIpc) is 3.30. The van der Waals surface area contributed by atoms with E-state index in [0.29, 0.717) is 5.56 Å². The van der Waals surface area contributed by atoms with Crippen LogP contribution in [-0.2, 0) is 4.79 Å². The molecule has 1 saturated heterocycles. The molecule has 0 spiro atoms. The molecular formula is C25H25N3O2. The first-order chi connectivity index (χ1) is 14.7. The normalized spacial score (nSPS) is 16.8. The summed E-state index contributed by atoms with van der Waals surface area (Å²) in [5, 5.41) is 3.06. The van der Waals surface area contributed by atoms with Crippen LogP contribution in [0.4, 0.5) is 0 Å². The van der Waals surface area contributed by atoms with Crippen LogP contribution in [0.5, 0.6) is 0 Å². The van der Waals surface area contributed by atoms with E-state index in [1.165, 1.54) is 0 Å². The van der Waals surface area contributed by atoms with Crippen molar-refractivity contribution >= 4 is 11.8 Å². The highest BCUT2D eigenvalue weighted by Crippen LogP contribution is 2.33. The summed E-state index contributed by atoms with van der Waals surface area (Å²) >= 11 is 0. The van der Waals surface area contributed by atoms with E-state index in [1.54, 1.807) is 24.5 Å². The molecule has 1 aliphatic heterocycles. The lowest BCUT2D eigenvalue weighted by Gasteiger charge is -2.28. The van der Waals surface area contributed by atoms with E-state index in [-0.39, 0.29) is 30.3 Å². The van der Waals surface area contributed by atoms with E-state index in [9.17, 15) is 9.59 Å². The van der Waals surface area contributed by atoms with Crippen LogP contribution in [0, 0.1) is 0 Å². The van der Waals surface area contributed by atoms with Crippen LogP contribution in [0.1, 0.15) is 52.8 Å². The predicted octanol–water partition coefficient (Wildman–Crippen LogP) is 4.31. The van der Waals surface area contributed by atoms with Gasteiger partial charge in [0, 0.05) is 24.5 Å². The van der Waals surface area contributed by atoms with Crippen LogP contribution in [0.3, 0.4) is 0 Å². The number of carbonyl (C=O) groups excluding carboxylic acids is 2. The second-order valence-corrected chi connectivity index (χ2v) is 7.53. The topological polar surface area (TPSA) is 62.3 Å². The molecule has 0 radical (unpaired) electrons. The molecule has 4 rings (SSSR count). The standard InChI is InChI=1S/C25H25N3O2/c29-24(28-17-7-12-23(28)20-13-15-26-16-14-20)18-22(19-8-3-1-4-9-19)27-25(30)21-10-5-2-6-11-21/h1-6,8-11,13-16,22-23H,7,12,17-18H2,(H,27,30). The number of carbonyl (C=O) groups is 2. The second kappa shape index (κ2) is 9.35. The van der Waals surface area contributed by atoms with Crippen molar-refractivity contribution in [2.45, 2.75) is 31.3 Å². The molecule has 2 unspecified atom stereocenters. The summed E-state index contributed by atoms with van der Waals surface area (Å²) in [5.74, 6) is -0.124. The molecule has 2 amide bonds. The number of amides is 2. The lowest BCUT2D eigenvalue weighted by molar-refractivity contribution is -0.132. The number of rotatable bonds is 6. The van der Waals surface area contributed by atoms with Crippen LogP contribution in [0.15, 0.2) is 85.2 Å². The lowest BCUT2D eigenvalue weighted by atomic mass is 10.0. The van der Waals surface area contributed by atoms with Crippen molar-refractivity contribution in [3.63, 3.8) is 0 Å². The molecule has 5 heteroatoms. The van der Waals surface area contributed by atoms with Crippen molar-refractivity contribution < 1.29 is 9.59 Å². The Hall–Kier alpha value is -3.47. The smallest absolute Gasteiger partial charge is 0.251 e. The van der Waals surface area contributed by atoms with E-state index in [4.69, 9.17) is 0 Å². The highest BCUT2D eigenvalue weighted by Gasteiger charge is 2.31. The van der Waals surface area contributed by atoms with Crippen molar-refractivity contribution in [3.05, 3.63) is 102 Å². The third kappa shape index (κ3) is 4.57. The second-order valence-electron chi connectivity index (χ2n) is 7.53. The van der Waals surface area contributed by atoms with Crippen molar-refractivity contribution in [1.29, 1.82) is 0 Å². The number of hydrogen-bond donors (Lipinski definition) is 1. The Kier molecular flexibility index (Phi) is 6.18. The highest BCUT2D eigenvalue weighted by molar-refractivity contribution is 5.94. The molecule has 1 fully saturated rings. The van der Waals surface area contributed by atoms with Crippen LogP contribution < -0.4 is 5.32 Å². The van der Waals surface area contributed by atoms with E-state index < -0.39 is 0 Å². The van der Waals surface area contributed by atoms with E-state index in [1.807, 2.05) is 65.6 Å². The zero-order chi connectivity index (χ0) is 20.8. The summed E-state index contributed by atoms with van der Waals surface area (Å²) in [5.41, 5.74) is 2.62. The number of hydrogen-bond acceptors (Lipinski definition) is 3. The van der Waals surface area contributed by atoms with Gasteiger partial charge in [-0.05, 0) is 48.2 Å². The van der Waals surface area contributed by atoms with Gasteiger partial charge >= 0.3 is 0 Å². The van der Waals surface area contributed by atoms with Crippen molar-refractivity contribution in [3.8, 4) is 0 Å². The molecule has 2 aromatic carbocycles. The Labute approximate surface area is 176 Å². The van der Waals surface area contributed by atoms with Gasteiger partial charge in [0.25, 0.3) is 5.91 Å². The number of aromatic nitrogens is 1. The summed E-state index contributed by atoms with van der Waals surface area (Å²) in [6, 6.07) is 22.4. The predicted molar refractivity (Wildman–Crippen MR) is 116 cm³/mol. The molecule has 0 aliphatic carbocycles. The fraction of sp³-hybridized carbons (Fsp3) is 0.240. The van der Waals surface area contributed by atoms with Gasteiger partial charge in [0.1, 0.15) is 0 Å². The Bertz CT molecular complexity index is 977. The van der Waals surface area contributed by atoms with Gasteiger partial charge in [0.05, 0.1) is 18.5 Å². The molecule has 3 aromatic rings. The fourth-order valence-electron chi connectivity index (χ4n) is 4.06. The first-order valence-corrected chi connectivity index (χ1v) is 10.3. The zero-order valence-corrected chi connectivity index (χ0v) is 16.8. The minimum Gasteiger partial charge on any atom is -0.345 e. The minimum absolute atomic E-state index is 0.0523. The maximum Gasteiger partial charge on any atom is 0.251 e. The highest BCUT2D eigenvalue weighted by atomic mass is 16.2. The Balaban J connectivity index is 1.53. The van der Waals surface area contributed by atoms with Crippen molar-refractivity contribution in [2.75, 3.05) is 6.54 Å². The number of pyridine rings is 1. The first-order valence-electron chi connectivity index (χ1n) is 10.3. The molecule has 2 atom stereocenters. The van der Waals surface area contributed by atoms with Gasteiger partial charge in [-0.15, -0.1) is 0 Å². The van der Waals surface area contributed by atoms with Gasteiger partial charge in [-0.3, -0.25) is 14.6 Å². The number of nitrogens with one attached hydrogen (secondary N) is 1. The Morgan fingerprint density at radius 3 is 2.33 bits per heavy atom. The number of nitrogens with zero attached hydrogens (tertiary/aromatic N) is 2. The van der Waals surface area contributed by atoms with Crippen molar-refractivity contribution in [2.24, 2.45) is 0 Å². The van der Waals surface area contributed by atoms with Gasteiger partial charge in [0.15, 0.2) is 0 Å². The fourth-order valence-corrected chi connectivity index (χ4v) is 4.06.